The lowest BCUT2D eigenvalue weighted by atomic mass is 10.1. The number of aldehydes is 1. The van der Waals surface area contributed by atoms with Gasteiger partial charge in [-0.25, -0.2) is 4.99 Å². The molecule has 0 atom stereocenters. The lowest BCUT2D eigenvalue weighted by Gasteiger charge is -2.08. The minimum atomic E-state index is 0.620. The van der Waals surface area contributed by atoms with Crippen molar-refractivity contribution in [2.45, 2.75) is 24.7 Å². The molecule has 1 aliphatic heterocycles. The second kappa shape index (κ2) is 9.16. The molecular formula is C23H21NOS. The Morgan fingerprint density at radius 3 is 2.73 bits per heavy atom. The maximum atomic E-state index is 11.1. The van der Waals surface area contributed by atoms with Crippen LogP contribution in [0.3, 0.4) is 0 Å². The number of carbonyl (C=O) groups excluding carboxylic acids is 1. The quantitative estimate of drug-likeness (QED) is 0.490. The second-order valence-electron chi connectivity index (χ2n) is 5.86. The van der Waals surface area contributed by atoms with Gasteiger partial charge in [0, 0.05) is 15.4 Å². The van der Waals surface area contributed by atoms with Gasteiger partial charge in [-0.2, -0.15) is 0 Å². The van der Waals surface area contributed by atoms with E-state index in [1.54, 1.807) is 11.8 Å². The first kappa shape index (κ1) is 18.2. The van der Waals surface area contributed by atoms with E-state index in [4.69, 9.17) is 4.99 Å². The zero-order valence-electron chi connectivity index (χ0n) is 14.8. The van der Waals surface area contributed by atoms with E-state index >= 15 is 0 Å². The molecule has 1 aromatic carbocycles. The van der Waals surface area contributed by atoms with Crippen LogP contribution in [0.1, 0.15) is 25.3 Å². The van der Waals surface area contributed by atoms with Crippen LogP contribution in [0.2, 0.25) is 0 Å². The maximum absolute atomic E-state index is 11.1. The van der Waals surface area contributed by atoms with Crippen molar-refractivity contribution >= 4 is 23.8 Å². The Morgan fingerprint density at radius 2 is 1.88 bits per heavy atom. The van der Waals surface area contributed by atoms with Crippen molar-refractivity contribution in [2.24, 2.45) is 4.99 Å². The van der Waals surface area contributed by atoms with Gasteiger partial charge in [-0.15, -0.1) is 0 Å². The van der Waals surface area contributed by atoms with Gasteiger partial charge in [0.15, 0.2) is 0 Å². The molecule has 0 N–H and O–H groups in total. The van der Waals surface area contributed by atoms with Crippen molar-refractivity contribution < 1.29 is 4.79 Å². The highest BCUT2D eigenvalue weighted by Crippen LogP contribution is 2.39. The molecule has 26 heavy (non-hydrogen) atoms. The van der Waals surface area contributed by atoms with E-state index in [-0.39, 0.29) is 0 Å². The summed E-state index contributed by atoms with van der Waals surface area (Å²) < 4.78 is 0. The first-order valence-corrected chi connectivity index (χ1v) is 9.50. The van der Waals surface area contributed by atoms with Crippen molar-refractivity contribution in [2.75, 3.05) is 0 Å². The van der Waals surface area contributed by atoms with Crippen molar-refractivity contribution in [3.05, 3.63) is 101 Å². The average Bonchev–Trinajstić information content (AvgIpc) is 2.79. The summed E-state index contributed by atoms with van der Waals surface area (Å²) in [6.45, 7) is 1.99. The fourth-order valence-corrected chi connectivity index (χ4v) is 3.78. The monoisotopic (exact) mass is 359 g/mol. The highest BCUT2D eigenvalue weighted by Gasteiger charge is 2.18. The molecular weight excluding hydrogens is 338 g/mol. The van der Waals surface area contributed by atoms with Crippen LogP contribution < -0.4 is 0 Å². The molecule has 0 saturated heterocycles. The Kier molecular flexibility index (Phi) is 6.39. The largest absolute Gasteiger partial charge is 0.298 e. The van der Waals surface area contributed by atoms with Crippen LogP contribution in [0, 0.1) is 0 Å². The number of aliphatic imine (C=N–C) groups is 1. The number of nitrogens with zero attached hydrogens (tertiary/aromatic N) is 1. The Morgan fingerprint density at radius 1 is 1.04 bits per heavy atom. The number of thioether (sulfide) groups is 1. The van der Waals surface area contributed by atoms with Gasteiger partial charge in [0.25, 0.3) is 0 Å². The smallest absolute Gasteiger partial charge is 0.146 e. The van der Waals surface area contributed by atoms with Crippen LogP contribution in [-0.4, -0.2) is 12.0 Å². The van der Waals surface area contributed by atoms with Crippen LogP contribution in [0.25, 0.3) is 0 Å². The summed E-state index contributed by atoms with van der Waals surface area (Å²) in [5.74, 6) is 0. The van der Waals surface area contributed by atoms with Crippen molar-refractivity contribution in [1.29, 1.82) is 0 Å². The zero-order chi connectivity index (χ0) is 18.2. The number of hydrogen-bond acceptors (Lipinski definition) is 3. The molecule has 1 aromatic rings. The Hall–Kier alpha value is -2.65. The summed E-state index contributed by atoms with van der Waals surface area (Å²) in [6.07, 6.45) is 20.5. The molecule has 2 aliphatic rings. The van der Waals surface area contributed by atoms with Gasteiger partial charge < -0.3 is 0 Å². The molecule has 3 rings (SSSR count). The summed E-state index contributed by atoms with van der Waals surface area (Å²) in [6, 6.07) is 8.34. The number of fused-ring (bicyclic) bond motifs is 2. The third-order valence-corrected chi connectivity index (χ3v) is 5.19. The van der Waals surface area contributed by atoms with Gasteiger partial charge in [-0.1, -0.05) is 78.6 Å². The first-order valence-electron chi connectivity index (χ1n) is 8.68. The van der Waals surface area contributed by atoms with E-state index in [2.05, 4.69) is 24.3 Å². The molecule has 1 aliphatic carbocycles. The first-order chi connectivity index (χ1) is 12.8. The van der Waals surface area contributed by atoms with E-state index in [1.165, 1.54) is 4.90 Å². The molecule has 0 bridgehead atoms. The van der Waals surface area contributed by atoms with E-state index in [1.807, 2.05) is 61.6 Å². The van der Waals surface area contributed by atoms with E-state index in [9.17, 15) is 4.79 Å². The molecule has 0 fully saturated rings. The number of allylic oxidation sites excluding steroid dienone is 10. The number of rotatable bonds is 4. The summed E-state index contributed by atoms with van der Waals surface area (Å²) >= 11 is 1.74. The third kappa shape index (κ3) is 4.50. The van der Waals surface area contributed by atoms with E-state index < -0.39 is 0 Å². The molecule has 0 spiro atoms. The van der Waals surface area contributed by atoms with Gasteiger partial charge in [0.1, 0.15) is 6.29 Å². The zero-order valence-corrected chi connectivity index (χ0v) is 15.6. The SMILES string of the molecule is C\C=C/C=C\C=C\C1=NC2=C/C/C(C=O)=C\C/C=C\2Sc2ccccc21. The molecule has 0 saturated carbocycles. The van der Waals surface area contributed by atoms with Crippen molar-refractivity contribution in [3.8, 4) is 0 Å². The Bertz CT molecular complexity index is 895. The standard InChI is InChI=1S/C23H21NOS/c1-2-3-4-5-6-12-20-19-11-7-8-13-22(19)26-23-14-9-10-18(17-25)15-16-21(23)24-20/h2-8,10-14,16-17H,9,15H2,1H3/b3-2-,5-4-,12-6+,18-10+,21-16+,23-14+. The molecule has 0 unspecified atom stereocenters. The van der Waals surface area contributed by atoms with Gasteiger partial charge in [0.05, 0.1) is 11.4 Å². The summed E-state index contributed by atoms with van der Waals surface area (Å²) in [5.41, 5.74) is 3.81. The van der Waals surface area contributed by atoms with Gasteiger partial charge >= 0.3 is 0 Å². The predicted molar refractivity (Wildman–Crippen MR) is 111 cm³/mol. The predicted octanol–water partition coefficient (Wildman–Crippen LogP) is 5.96. The Labute approximate surface area is 159 Å². The lowest BCUT2D eigenvalue weighted by molar-refractivity contribution is -0.105. The summed E-state index contributed by atoms with van der Waals surface area (Å²) in [7, 11) is 0. The average molecular weight is 359 g/mol. The van der Waals surface area contributed by atoms with Crippen LogP contribution >= 0.6 is 11.8 Å². The molecule has 3 heteroatoms. The molecule has 1 heterocycles. The highest BCUT2D eigenvalue weighted by molar-refractivity contribution is 8.03. The van der Waals surface area contributed by atoms with Gasteiger partial charge in [-0.3, -0.25) is 4.79 Å². The highest BCUT2D eigenvalue weighted by atomic mass is 32.2. The normalized spacial score (nSPS) is 23.6. The number of benzene rings is 1. The van der Waals surface area contributed by atoms with Crippen LogP contribution in [0.5, 0.6) is 0 Å². The minimum absolute atomic E-state index is 0.620. The molecule has 0 amide bonds. The fourth-order valence-electron chi connectivity index (χ4n) is 2.70. The molecule has 0 aromatic heterocycles. The minimum Gasteiger partial charge on any atom is -0.298 e. The van der Waals surface area contributed by atoms with Crippen LogP contribution in [0.4, 0.5) is 0 Å². The number of hydrogen-bond donors (Lipinski definition) is 0. The summed E-state index contributed by atoms with van der Waals surface area (Å²) in [4.78, 5) is 18.4. The second-order valence-corrected chi connectivity index (χ2v) is 6.94. The van der Waals surface area contributed by atoms with E-state index in [0.29, 0.717) is 6.42 Å². The van der Waals surface area contributed by atoms with Gasteiger partial charge in [0.2, 0.25) is 0 Å². The Balaban J connectivity index is 2.03. The molecule has 2 nitrogen and oxygen atoms in total. The molecule has 130 valence electrons. The van der Waals surface area contributed by atoms with Crippen molar-refractivity contribution in [3.63, 3.8) is 0 Å². The topological polar surface area (TPSA) is 29.4 Å². The maximum Gasteiger partial charge on any atom is 0.146 e. The lowest BCUT2D eigenvalue weighted by Crippen LogP contribution is -1.97. The molecule has 0 radical (unpaired) electrons. The van der Waals surface area contributed by atoms with Gasteiger partial charge in [-0.05, 0) is 37.5 Å². The summed E-state index contributed by atoms with van der Waals surface area (Å²) in [5, 5.41) is 0. The van der Waals surface area contributed by atoms with Crippen molar-refractivity contribution in [1.82, 2.24) is 0 Å². The van der Waals surface area contributed by atoms with E-state index in [0.717, 1.165) is 40.2 Å². The van der Waals surface area contributed by atoms with Crippen LogP contribution in [-0.2, 0) is 4.79 Å². The fraction of sp³-hybridized carbons (Fsp3) is 0.130. The third-order valence-electron chi connectivity index (χ3n) is 4.02. The number of carbonyl (C=O) groups is 1. The van der Waals surface area contributed by atoms with Crippen LogP contribution in [0.15, 0.2) is 105 Å².